The van der Waals surface area contributed by atoms with Crippen LogP contribution in [0.25, 0.3) is 10.6 Å². The minimum atomic E-state index is -0.160. The molecule has 0 atom stereocenters. The van der Waals surface area contributed by atoms with E-state index < -0.39 is 0 Å². The molecule has 3 amide bonds. The van der Waals surface area contributed by atoms with Crippen molar-refractivity contribution in [2.45, 2.75) is 26.9 Å². The van der Waals surface area contributed by atoms with Gasteiger partial charge in [-0.1, -0.05) is 43.3 Å². The summed E-state index contributed by atoms with van der Waals surface area (Å²) in [6.45, 7) is 7.17. The Hall–Kier alpha value is -3.80. The third-order valence-corrected chi connectivity index (χ3v) is 8.03. The normalized spacial score (nSPS) is 12.6. The van der Waals surface area contributed by atoms with Crippen LogP contribution in [0.1, 0.15) is 34.1 Å². The molecule has 10 nitrogen and oxygen atoms in total. The molecule has 0 saturated carbocycles. The summed E-state index contributed by atoms with van der Waals surface area (Å²) in [5.41, 5.74) is 5.48. The molecule has 0 bridgehead atoms. The molecule has 1 aliphatic rings. The molecule has 0 unspecified atom stereocenters. The zero-order valence-corrected chi connectivity index (χ0v) is 25.3. The van der Waals surface area contributed by atoms with E-state index in [0.717, 1.165) is 28.4 Å². The SMILES string of the molecule is CCNCCN(CC(=O)N(C)N1Cc2ccccc2C1)C(=O)CNc1cc(-c2nc(C(=O)N(C)C)cs2)ccc1C. The number of hydrazine groups is 1. The molecule has 41 heavy (non-hydrogen) atoms. The molecule has 0 spiro atoms. The summed E-state index contributed by atoms with van der Waals surface area (Å²) in [6, 6.07) is 14.0. The van der Waals surface area contributed by atoms with Crippen LogP contribution in [-0.2, 0) is 22.7 Å². The standard InChI is InChI=1S/C30H39N7O3S/c1-6-31-13-14-36(19-28(39)35(5)37-17-23-9-7-8-10-24(23)18-37)27(38)16-32-25-15-22(12-11-21(25)2)29-33-26(20-41-29)30(40)34(3)4/h7-12,15,20,31-32H,6,13-14,16-19H2,1-5H3. The summed E-state index contributed by atoms with van der Waals surface area (Å²) in [5, 5.41) is 12.6. The number of carbonyl (C=O) groups is 3. The van der Waals surface area contributed by atoms with Crippen molar-refractivity contribution in [3.05, 3.63) is 70.2 Å². The third-order valence-electron chi connectivity index (χ3n) is 7.14. The average molecular weight is 578 g/mol. The minimum absolute atomic E-state index is 0.00390. The van der Waals surface area contributed by atoms with Gasteiger partial charge >= 0.3 is 0 Å². The van der Waals surface area contributed by atoms with E-state index in [1.54, 1.807) is 36.4 Å². The fraction of sp³-hybridized carbons (Fsp3) is 0.400. The number of thiazole rings is 1. The summed E-state index contributed by atoms with van der Waals surface area (Å²) >= 11 is 1.40. The Morgan fingerprint density at radius 3 is 2.39 bits per heavy atom. The molecule has 0 aliphatic carbocycles. The molecular formula is C30H39N7O3S. The van der Waals surface area contributed by atoms with Crippen molar-refractivity contribution in [3.63, 3.8) is 0 Å². The van der Waals surface area contributed by atoms with E-state index in [-0.39, 0.29) is 30.8 Å². The summed E-state index contributed by atoms with van der Waals surface area (Å²) < 4.78 is 0. The highest BCUT2D eigenvalue weighted by Crippen LogP contribution is 2.28. The number of fused-ring (bicyclic) bond motifs is 1. The van der Waals surface area contributed by atoms with Crippen LogP contribution >= 0.6 is 11.3 Å². The molecule has 3 aromatic rings. The lowest BCUT2D eigenvalue weighted by Crippen LogP contribution is -2.49. The van der Waals surface area contributed by atoms with Crippen molar-refractivity contribution < 1.29 is 14.4 Å². The lowest BCUT2D eigenvalue weighted by atomic mass is 10.1. The first-order valence-electron chi connectivity index (χ1n) is 13.8. The van der Waals surface area contributed by atoms with Crippen molar-refractivity contribution in [2.75, 3.05) is 59.2 Å². The van der Waals surface area contributed by atoms with Gasteiger partial charge in [0.15, 0.2) is 0 Å². The molecule has 2 N–H and O–H groups in total. The number of amides is 3. The summed E-state index contributed by atoms with van der Waals surface area (Å²) in [4.78, 5) is 46.5. The molecular weight excluding hydrogens is 538 g/mol. The van der Waals surface area contributed by atoms with Crippen LogP contribution in [0.2, 0.25) is 0 Å². The number of benzene rings is 2. The number of nitrogens with zero attached hydrogens (tertiary/aromatic N) is 5. The van der Waals surface area contributed by atoms with Crippen LogP contribution in [-0.4, -0.2) is 96.4 Å². The van der Waals surface area contributed by atoms with Crippen molar-refractivity contribution in [1.82, 2.24) is 30.1 Å². The molecule has 1 aliphatic heterocycles. The van der Waals surface area contributed by atoms with Crippen molar-refractivity contribution in [2.24, 2.45) is 0 Å². The van der Waals surface area contributed by atoms with E-state index in [9.17, 15) is 14.4 Å². The molecule has 0 fully saturated rings. The number of likely N-dealkylation sites (N-methyl/N-ethyl adjacent to an activating group) is 2. The van der Waals surface area contributed by atoms with Gasteiger partial charge in [0, 0.05) is 64.0 Å². The number of carbonyl (C=O) groups excluding carboxylic acids is 3. The van der Waals surface area contributed by atoms with Gasteiger partial charge in [0.1, 0.15) is 17.2 Å². The number of anilines is 1. The zero-order valence-electron chi connectivity index (χ0n) is 24.4. The number of nitrogens with one attached hydrogen (secondary N) is 2. The highest BCUT2D eigenvalue weighted by Gasteiger charge is 2.27. The topological polar surface area (TPSA) is 101 Å². The first-order chi connectivity index (χ1) is 19.7. The van der Waals surface area contributed by atoms with E-state index in [0.29, 0.717) is 31.9 Å². The monoisotopic (exact) mass is 577 g/mol. The smallest absolute Gasteiger partial charge is 0.272 e. The maximum atomic E-state index is 13.4. The second-order valence-electron chi connectivity index (χ2n) is 10.3. The molecule has 0 radical (unpaired) electrons. The van der Waals surface area contributed by atoms with Gasteiger partial charge < -0.3 is 20.4 Å². The molecule has 2 aromatic carbocycles. The molecule has 11 heteroatoms. The number of rotatable bonds is 12. The summed E-state index contributed by atoms with van der Waals surface area (Å²) in [7, 11) is 5.17. The van der Waals surface area contributed by atoms with Gasteiger partial charge in [-0.25, -0.2) is 9.99 Å². The second kappa shape index (κ2) is 13.7. The van der Waals surface area contributed by atoms with Crippen LogP contribution in [0.4, 0.5) is 5.69 Å². The molecule has 218 valence electrons. The number of hydrogen-bond donors (Lipinski definition) is 2. The summed E-state index contributed by atoms with van der Waals surface area (Å²) in [6.07, 6.45) is 0. The van der Waals surface area contributed by atoms with Gasteiger partial charge in [0.25, 0.3) is 11.8 Å². The zero-order chi connectivity index (χ0) is 29.5. The van der Waals surface area contributed by atoms with Crippen LogP contribution in [0, 0.1) is 6.92 Å². The fourth-order valence-corrected chi connectivity index (χ4v) is 5.39. The van der Waals surface area contributed by atoms with Gasteiger partial charge in [-0.05, 0) is 36.2 Å². The second-order valence-corrected chi connectivity index (χ2v) is 11.2. The predicted molar refractivity (Wildman–Crippen MR) is 162 cm³/mol. The van der Waals surface area contributed by atoms with Gasteiger partial charge in [0.2, 0.25) is 5.91 Å². The highest BCUT2D eigenvalue weighted by atomic mass is 32.1. The van der Waals surface area contributed by atoms with Crippen LogP contribution in [0.3, 0.4) is 0 Å². The Bertz CT molecular complexity index is 1360. The largest absolute Gasteiger partial charge is 0.376 e. The quantitative estimate of drug-likeness (QED) is 0.319. The number of aromatic nitrogens is 1. The van der Waals surface area contributed by atoms with Gasteiger partial charge in [0.05, 0.1) is 6.54 Å². The van der Waals surface area contributed by atoms with E-state index >= 15 is 0 Å². The lowest BCUT2D eigenvalue weighted by Gasteiger charge is -2.31. The Balaban J connectivity index is 1.40. The maximum Gasteiger partial charge on any atom is 0.272 e. The van der Waals surface area contributed by atoms with Gasteiger partial charge in [-0.15, -0.1) is 11.3 Å². The Labute approximate surface area is 245 Å². The average Bonchev–Trinajstić information content (AvgIpc) is 3.63. The first-order valence-corrected chi connectivity index (χ1v) is 14.6. The van der Waals surface area contributed by atoms with Crippen molar-refractivity contribution in [1.29, 1.82) is 0 Å². The molecule has 0 saturated heterocycles. The molecule has 1 aromatic heterocycles. The Morgan fingerprint density at radius 2 is 1.73 bits per heavy atom. The third kappa shape index (κ3) is 7.49. The molecule has 2 heterocycles. The highest BCUT2D eigenvalue weighted by molar-refractivity contribution is 7.13. The molecule has 4 rings (SSSR count). The number of hydrogen-bond acceptors (Lipinski definition) is 8. The van der Waals surface area contributed by atoms with E-state index in [1.165, 1.54) is 27.4 Å². The maximum absolute atomic E-state index is 13.4. The lowest BCUT2D eigenvalue weighted by molar-refractivity contribution is -0.151. The van der Waals surface area contributed by atoms with Crippen LogP contribution in [0.5, 0.6) is 0 Å². The van der Waals surface area contributed by atoms with E-state index in [1.807, 2.05) is 49.2 Å². The fourth-order valence-electron chi connectivity index (χ4n) is 4.60. The van der Waals surface area contributed by atoms with E-state index in [2.05, 4.69) is 27.8 Å². The predicted octanol–water partition coefficient (Wildman–Crippen LogP) is 3.06. The van der Waals surface area contributed by atoms with Crippen molar-refractivity contribution in [3.8, 4) is 10.6 Å². The Kier molecular flexibility index (Phi) is 10.1. The van der Waals surface area contributed by atoms with Crippen LogP contribution in [0.15, 0.2) is 47.8 Å². The van der Waals surface area contributed by atoms with Crippen LogP contribution < -0.4 is 10.6 Å². The minimum Gasteiger partial charge on any atom is -0.376 e. The summed E-state index contributed by atoms with van der Waals surface area (Å²) in [5.74, 6) is -0.435. The first kappa shape index (κ1) is 30.2. The Morgan fingerprint density at radius 1 is 1.02 bits per heavy atom. The van der Waals surface area contributed by atoms with Gasteiger partial charge in [-0.3, -0.25) is 19.4 Å². The van der Waals surface area contributed by atoms with Crippen molar-refractivity contribution >= 4 is 34.7 Å². The number of aryl methyl sites for hydroxylation is 1. The van der Waals surface area contributed by atoms with E-state index in [4.69, 9.17) is 0 Å². The van der Waals surface area contributed by atoms with Gasteiger partial charge in [-0.2, -0.15) is 0 Å².